The summed E-state index contributed by atoms with van der Waals surface area (Å²) in [4.78, 5) is 13.9. The first-order chi connectivity index (χ1) is 11.1. The molecule has 0 bridgehead atoms. The molecular formula is C17H27ClF2N2O3. The fraction of sp³-hybridized carbons (Fsp3) is 0.588. The average molecular weight is 381 g/mol. The summed E-state index contributed by atoms with van der Waals surface area (Å²) in [6.45, 7) is 5.11. The highest BCUT2D eigenvalue weighted by atomic mass is 35.5. The summed E-state index contributed by atoms with van der Waals surface area (Å²) in [5.74, 6) is 0.000563. The zero-order valence-electron chi connectivity index (χ0n) is 15.2. The number of ether oxygens (including phenoxy) is 2. The number of nitrogens with two attached hydrogens (primary N) is 1. The number of halogens is 3. The van der Waals surface area contributed by atoms with E-state index in [1.54, 1.807) is 26.1 Å². The molecule has 8 heteroatoms. The van der Waals surface area contributed by atoms with Crippen molar-refractivity contribution >= 4 is 18.3 Å². The number of benzene rings is 1. The minimum absolute atomic E-state index is 0. The normalized spacial score (nSPS) is 12.4. The van der Waals surface area contributed by atoms with Gasteiger partial charge in [0, 0.05) is 13.6 Å². The molecule has 0 aliphatic rings. The molecule has 0 heterocycles. The molecule has 1 rings (SSSR count). The van der Waals surface area contributed by atoms with Gasteiger partial charge >= 0.3 is 6.61 Å². The van der Waals surface area contributed by atoms with Gasteiger partial charge in [0.2, 0.25) is 5.91 Å². The monoisotopic (exact) mass is 380 g/mol. The van der Waals surface area contributed by atoms with Crippen molar-refractivity contribution in [2.24, 2.45) is 11.1 Å². The van der Waals surface area contributed by atoms with Gasteiger partial charge in [0.1, 0.15) is 0 Å². The summed E-state index contributed by atoms with van der Waals surface area (Å²) < 4.78 is 34.6. The molecule has 1 amide bonds. The van der Waals surface area contributed by atoms with E-state index in [2.05, 4.69) is 4.74 Å². The quantitative estimate of drug-likeness (QED) is 0.787. The molecular weight excluding hydrogens is 354 g/mol. The van der Waals surface area contributed by atoms with Crippen LogP contribution in [0.3, 0.4) is 0 Å². The molecule has 0 saturated carbocycles. The van der Waals surface area contributed by atoms with Gasteiger partial charge in [0.05, 0.1) is 12.6 Å². The maximum Gasteiger partial charge on any atom is 0.387 e. The van der Waals surface area contributed by atoms with Gasteiger partial charge in [0.25, 0.3) is 0 Å². The van der Waals surface area contributed by atoms with Crippen LogP contribution < -0.4 is 15.2 Å². The standard InChI is InChI=1S/C17H26F2N2O3.ClH/c1-6-23-13-9-11(7-8-12(13)24-16(18)19)10-21(5)15(22)14(20)17(2,3)4;/h7-9,14,16H,6,10,20H2,1-5H3;1H/t14-;/m1./s1. The summed E-state index contributed by atoms with van der Waals surface area (Å²) in [7, 11) is 1.65. The third kappa shape index (κ3) is 7.04. The van der Waals surface area contributed by atoms with E-state index in [0.29, 0.717) is 6.61 Å². The van der Waals surface area contributed by atoms with Crippen molar-refractivity contribution in [2.45, 2.75) is 46.9 Å². The minimum Gasteiger partial charge on any atom is -0.490 e. The zero-order chi connectivity index (χ0) is 18.5. The topological polar surface area (TPSA) is 64.8 Å². The lowest BCUT2D eigenvalue weighted by Gasteiger charge is -2.30. The second kappa shape index (κ2) is 9.77. The lowest BCUT2D eigenvalue weighted by atomic mass is 9.86. The lowest BCUT2D eigenvalue weighted by molar-refractivity contribution is -0.134. The molecule has 25 heavy (non-hydrogen) atoms. The Morgan fingerprint density at radius 1 is 1.28 bits per heavy atom. The number of likely N-dealkylation sites (N-methyl/N-ethyl adjacent to an activating group) is 1. The van der Waals surface area contributed by atoms with Crippen LogP contribution >= 0.6 is 12.4 Å². The first kappa shape index (κ1) is 23.4. The van der Waals surface area contributed by atoms with Gasteiger partial charge in [-0.3, -0.25) is 4.79 Å². The Hall–Kier alpha value is -1.60. The Bertz CT molecular complexity index is 565. The largest absolute Gasteiger partial charge is 0.490 e. The Labute approximate surface area is 153 Å². The second-order valence-corrected chi connectivity index (χ2v) is 6.63. The molecule has 0 saturated heterocycles. The van der Waals surface area contributed by atoms with Gasteiger partial charge in [0.15, 0.2) is 11.5 Å². The maximum atomic E-state index is 12.4. The van der Waals surface area contributed by atoms with Crippen molar-refractivity contribution in [3.05, 3.63) is 23.8 Å². The predicted molar refractivity (Wildman–Crippen MR) is 95.4 cm³/mol. The van der Waals surface area contributed by atoms with E-state index in [9.17, 15) is 13.6 Å². The Kier molecular flexibility index (Phi) is 9.15. The van der Waals surface area contributed by atoms with E-state index in [4.69, 9.17) is 10.5 Å². The molecule has 0 radical (unpaired) electrons. The fourth-order valence-electron chi connectivity index (χ4n) is 2.07. The van der Waals surface area contributed by atoms with Gasteiger partial charge in [-0.05, 0) is 30.0 Å². The number of alkyl halides is 2. The van der Waals surface area contributed by atoms with E-state index in [-0.39, 0.29) is 41.8 Å². The van der Waals surface area contributed by atoms with Crippen LogP contribution in [0.1, 0.15) is 33.3 Å². The molecule has 2 N–H and O–H groups in total. The van der Waals surface area contributed by atoms with E-state index in [1.165, 1.54) is 11.0 Å². The van der Waals surface area contributed by atoms with Crippen LogP contribution in [0.2, 0.25) is 0 Å². The number of nitrogens with zero attached hydrogens (tertiary/aromatic N) is 1. The summed E-state index contributed by atoms with van der Waals surface area (Å²) >= 11 is 0. The van der Waals surface area contributed by atoms with Crippen LogP contribution in [-0.2, 0) is 11.3 Å². The van der Waals surface area contributed by atoms with Crippen molar-refractivity contribution < 1.29 is 23.0 Å². The molecule has 0 aliphatic heterocycles. The maximum absolute atomic E-state index is 12.4. The summed E-state index contributed by atoms with van der Waals surface area (Å²) in [5.41, 5.74) is 6.37. The molecule has 5 nitrogen and oxygen atoms in total. The van der Waals surface area contributed by atoms with Crippen molar-refractivity contribution in [2.75, 3.05) is 13.7 Å². The van der Waals surface area contributed by atoms with Gasteiger partial charge in [-0.25, -0.2) is 0 Å². The summed E-state index contributed by atoms with van der Waals surface area (Å²) in [6.07, 6.45) is 0. The number of carbonyl (C=O) groups excluding carboxylic acids is 1. The van der Waals surface area contributed by atoms with E-state index >= 15 is 0 Å². The van der Waals surface area contributed by atoms with Crippen LogP contribution in [0.4, 0.5) is 8.78 Å². The lowest BCUT2D eigenvalue weighted by Crippen LogP contribution is -2.48. The molecule has 1 aromatic rings. The Morgan fingerprint density at radius 2 is 1.88 bits per heavy atom. The highest BCUT2D eigenvalue weighted by Gasteiger charge is 2.29. The highest BCUT2D eigenvalue weighted by Crippen LogP contribution is 2.30. The number of hydrogen-bond acceptors (Lipinski definition) is 4. The van der Waals surface area contributed by atoms with Gasteiger partial charge in [-0.2, -0.15) is 8.78 Å². The van der Waals surface area contributed by atoms with Crippen LogP contribution in [0.25, 0.3) is 0 Å². The van der Waals surface area contributed by atoms with Crippen molar-refractivity contribution in [3.63, 3.8) is 0 Å². The molecule has 1 aromatic carbocycles. The molecule has 0 aliphatic carbocycles. The van der Waals surface area contributed by atoms with Gasteiger partial charge < -0.3 is 20.1 Å². The van der Waals surface area contributed by atoms with Crippen LogP contribution in [0.15, 0.2) is 18.2 Å². The molecule has 1 atom stereocenters. The first-order valence-electron chi connectivity index (χ1n) is 7.77. The number of carbonyl (C=O) groups is 1. The first-order valence-corrected chi connectivity index (χ1v) is 7.77. The van der Waals surface area contributed by atoms with Crippen LogP contribution in [0, 0.1) is 5.41 Å². The highest BCUT2D eigenvalue weighted by molar-refractivity contribution is 5.85. The summed E-state index contributed by atoms with van der Waals surface area (Å²) in [5, 5.41) is 0. The van der Waals surface area contributed by atoms with Crippen LogP contribution in [0.5, 0.6) is 11.5 Å². The molecule has 0 aromatic heterocycles. The van der Waals surface area contributed by atoms with Gasteiger partial charge in [-0.15, -0.1) is 12.4 Å². The zero-order valence-corrected chi connectivity index (χ0v) is 16.0. The summed E-state index contributed by atoms with van der Waals surface area (Å²) in [6, 6.07) is 3.99. The third-order valence-electron chi connectivity index (χ3n) is 3.52. The van der Waals surface area contributed by atoms with Crippen molar-refractivity contribution in [3.8, 4) is 11.5 Å². The molecule has 0 unspecified atom stereocenters. The number of amides is 1. The Morgan fingerprint density at radius 3 is 2.36 bits per heavy atom. The number of hydrogen-bond donors (Lipinski definition) is 1. The smallest absolute Gasteiger partial charge is 0.387 e. The SMILES string of the molecule is CCOc1cc(CN(C)C(=O)[C@@H](N)C(C)(C)C)ccc1OC(F)F.Cl. The van der Waals surface area contributed by atoms with E-state index < -0.39 is 12.7 Å². The van der Waals surface area contributed by atoms with Gasteiger partial charge in [-0.1, -0.05) is 26.8 Å². The molecule has 144 valence electrons. The average Bonchev–Trinajstić information content (AvgIpc) is 2.47. The predicted octanol–water partition coefficient (Wildman–Crippen LogP) is 3.44. The molecule has 0 spiro atoms. The number of rotatable bonds is 7. The van der Waals surface area contributed by atoms with E-state index in [1.807, 2.05) is 20.8 Å². The minimum atomic E-state index is -2.93. The van der Waals surface area contributed by atoms with Crippen molar-refractivity contribution in [1.82, 2.24) is 4.90 Å². The third-order valence-corrected chi connectivity index (χ3v) is 3.52. The Balaban J connectivity index is 0.00000576. The van der Waals surface area contributed by atoms with E-state index in [0.717, 1.165) is 5.56 Å². The fourth-order valence-corrected chi connectivity index (χ4v) is 2.07. The van der Waals surface area contributed by atoms with Crippen LogP contribution in [-0.4, -0.2) is 37.1 Å². The molecule has 0 fully saturated rings. The van der Waals surface area contributed by atoms with Crippen molar-refractivity contribution in [1.29, 1.82) is 0 Å². The second-order valence-electron chi connectivity index (χ2n) is 6.63.